The van der Waals surface area contributed by atoms with Crippen LogP contribution in [0, 0.1) is 24.4 Å². The molecule has 0 atom stereocenters. The van der Waals surface area contributed by atoms with Crippen LogP contribution in [-0.4, -0.2) is 6.61 Å². The zero-order valence-electron chi connectivity index (χ0n) is 8.74. The number of rotatable bonds is 4. The van der Waals surface area contributed by atoms with Crippen molar-refractivity contribution in [2.45, 2.75) is 26.7 Å². The first-order valence-corrected chi connectivity index (χ1v) is 4.84. The Balaban J connectivity index is 2.92. The van der Waals surface area contributed by atoms with Gasteiger partial charge in [-0.05, 0) is 13.3 Å². The molecule has 1 rings (SSSR count). The first-order chi connectivity index (χ1) is 7.07. The molecule has 0 aliphatic heterocycles. The molecule has 0 bridgehead atoms. The van der Waals surface area contributed by atoms with Crippen molar-refractivity contribution in [1.82, 2.24) is 0 Å². The summed E-state index contributed by atoms with van der Waals surface area (Å²) < 4.78 is 44.3. The van der Waals surface area contributed by atoms with Gasteiger partial charge in [0, 0.05) is 11.6 Å². The molecule has 1 aromatic carbocycles. The fourth-order valence-corrected chi connectivity index (χ4v) is 1.12. The molecule has 0 fully saturated rings. The monoisotopic (exact) mass is 218 g/mol. The van der Waals surface area contributed by atoms with Crippen LogP contribution in [0.15, 0.2) is 6.07 Å². The second-order valence-corrected chi connectivity index (χ2v) is 3.31. The fourth-order valence-electron chi connectivity index (χ4n) is 1.12. The maximum atomic E-state index is 13.3. The minimum absolute atomic E-state index is 0.220. The molecular weight excluding hydrogens is 205 g/mol. The molecule has 0 saturated heterocycles. The molecule has 4 heteroatoms. The summed E-state index contributed by atoms with van der Waals surface area (Å²) in [7, 11) is 0. The van der Waals surface area contributed by atoms with Gasteiger partial charge in [0.25, 0.3) is 0 Å². The van der Waals surface area contributed by atoms with Crippen molar-refractivity contribution in [2.75, 3.05) is 6.61 Å². The second kappa shape index (κ2) is 5.05. The molecule has 0 N–H and O–H groups in total. The van der Waals surface area contributed by atoms with Gasteiger partial charge in [-0.3, -0.25) is 0 Å². The SMILES string of the molecule is CCCCOc1c(F)cc(F)c(C)c1F. The largest absolute Gasteiger partial charge is 0.488 e. The van der Waals surface area contributed by atoms with Gasteiger partial charge in [0.2, 0.25) is 0 Å². The molecular formula is C11H13F3O. The van der Waals surface area contributed by atoms with E-state index in [1.807, 2.05) is 6.92 Å². The predicted molar refractivity (Wildman–Crippen MR) is 51.5 cm³/mol. The molecule has 0 spiro atoms. The maximum Gasteiger partial charge on any atom is 0.191 e. The molecule has 15 heavy (non-hydrogen) atoms. The Labute approximate surface area is 86.9 Å². The van der Waals surface area contributed by atoms with Crippen LogP contribution in [0.1, 0.15) is 25.3 Å². The van der Waals surface area contributed by atoms with E-state index in [2.05, 4.69) is 0 Å². The van der Waals surface area contributed by atoms with Crippen LogP contribution in [-0.2, 0) is 0 Å². The lowest BCUT2D eigenvalue weighted by Gasteiger charge is -2.09. The lowest BCUT2D eigenvalue weighted by molar-refractivity contribution is 0.276. The lowest BCUT2D eigenvalue weighted by Crippen LogP contribution is -2.03. The van der Waals surface area contributed by atoms with Gasteiger partial charge in [0.05, 0.1) is 6.61 Å². The Morgan fingerprint density at radius 2 is 1.87 bits per heavy atom. The van der Waals surface area contributed by atoms with Crippen molar-refractivity contribution in [2.24, 2.45) is 0 Å². The average Bonchev–Trinajstić information content (AvgIpc) is 2.20. The van der Waals surface area contributed by atoms with Crippen molar-refractivity contribution in [1.29, 1.82) is 0 Å². The standard InChI is InChI=1S/C11H13F3O/c1-3-4-5-15-11-9(13)6-8(12)7(2)10(11)14/h6H,3-5H2,1-2H3. The first-order valence-electron chi connectivity index (χ1n) is 4.84. The molecule has 1 nitrogen and oxygen atoms in total. The van der Waals surface area contributed by atoms with Gasteiger partial charge in [-0.15, -0.1) is 0 Å². The van der Waals surface area contributed by atoms with Gasteiger partial charge in [-0.2, -0.15) is 0 Å². The third kappa shape index (κ3) is 2.64. The van der Waals surface area contributed by atoms with Crippen LogP contribution in [0.4, 0.5) is 13.2 Å². The lowest BCUT2D eigenvalue weighted by atomic mass is 10.2. The van der Waals surface area contributed by atoms with E-state index in [1.165, 1.54) is 6.92 Å². The van der Waals surface area contributed by atoms with Gasteiger partial charge >= 0.3 is 0 Å². The van der Waals surface area contributed by atoms with E-state index in [-0.39, 0.29) is 12.2 Å². The van der Waals surface area contributed by atoms with Crippen LogP contribution in [0.25, 0.3) is 0 Å². The highest BCUT2D eigenvalue weighted by atomic mass is 19.1. The van der Waals surface area contributed by atoms with Gasteiger partial charge in [0.15, 0.2) is 17.4 Å². The summed E-state index contributed by atoms with van der Waals surface area (Å²) in [6, 6.07) is 0.639. The average molecular weight is 218 g/mol. The Morgan fingerprint density at radius 3 is 2.47 bits per heavy atom. The van der Waals surface area contributed by atoms with Crippen LogP contribution in [0.3, 0.4) is 0 Å². The summed E-state index contributed by atoms with van der Waals surface area (Å²) in [6.07, 6.45) is 1.57. The molecule has 0 aliphatic carbocycles. The maximum absolute atomic E-state index is 13.3. The van der Waals surface area contributed by atoms with Crippen molar-refractivity contribution in [3.05, 3.63) is 29.1 Å². The second-order valence-electron chi connectivity index (χ2n) is 3.31. The van der Waals surface area contributed by atoms with Gasteiger partial charge in [0.1, 0.15) is 5.82 Å². The van der Waals surface area contributed by atoms with Crippen LogP contribution in [0.5, 0.6) is 5.75 Å². The Hall–Kier alpha value is -1.19. The highest BCUT2D eigenvalue weighted by Crippen LogP contribution is 2.26. The van der Waals surface area contributed by atoms with E-state index in [4.69, 9.17) is 4.74 Å². The highest BCUT2D eigenvalue weighted by Gasteiger charge is 2.16. The van der Waals surface area contributed by atoms with Crippen LogP contribution >= 0.6 is 0 Å². The number of hydrogen-bond acceptors (Lipinski definition) is 1. The van der Waals surface area contributed by atoms with Gasteiger partial charge in [-0.1, -0.05) is 13.3 Å². The normalized spacial score (nSPS) is 10.5. The van der Waals surface area contributed by atoms with Crippen LogP contribution in [0.2, 0.25) is 0 Å². The zero-order valence-corrected chi connectivity index (χ0v) is 8.74. The fraction of sp³-hybridized carbons (Fsp3) is 0.455. The summed E-state index contributed by atoms with van der Waals surface area (Å²) >= 11 is 0. The molecule has 0 unspecified atom stereocenters. The highest BCUT2D eigenvalue weighted by molar-refractivity contribution is 5.33. The summed E-state index contributed by atoms with van der Waals surface area (Å²) in [5, 5.41) is 0. The molecule has 1 aromatic rings. The van der Waals surface area contributed by atoms with E-state index >= 15 is 0 Å². The number of hydrogen-bond donors (Lipinski definition) is 0. The Bertz CT molecular complexity index is 350. The predicted octanol–water partition coefficient (Wildman–Crippen LogP) is 3.59. The van der Waals surface area contributed by atoms with Crippen molar-refractivity contribution < 1.29 is 17.9 Å². The number of benzene rings is 1. The minimum atomic E-state index is -0.994. The topological polar surface area (TPSA) is 9.23 Å². The van der Waals surface area contributed by atoms with E-state index in [0.717, 1.165) is 6.42 Å². The quantitative estimate of drug-likeness (QED) is 0.702. The molecule has 0 radical (unpaired) electrons. The molecule has 0 heterocycles. The molecule has 0 aromatic heterocycles. The van der Waals surface area contributed by atoms with E-state index < -0.39 is 23.2 Å². The van der Waals surface area contributed by atoms with E-state index in [1.54, 1.807) is 0 Å². The van der Waals surface area contributed by atoms with Crippen molar-refractivity contribution in [3.8, 4) is 5.75 Å². The summed E-state index contributed by atoms with van der Waals surface area (Å²) in [4.78, 5) is 0. The van der Waals surface area contributed by atoms with E-state index in [0.29, 0.717) is 12.5 Å². The van der Waals surface area contributed by atoms with Crippen molar-refractivity contribution >= 4 is 0 Å². The smallest absolute Gasteiger partial charge is 0.191 e. The summed E-state index contributed by atoms with van der Waals surface area (Å²) in [5.74, 6) is -3.33. The first kappa shape index (κ1) is 11.9. The molecule has 0 saturated carbocycles. The third-order valence-electron chi connectivity index (χ3n) is 2.10. The van der Waals surface area contributed by atoms with Gasteiger partial charge in [-0.25, -0.2) is 13.2 Å². The van der Waals surface area contributed by atoms with Crippen LogP contribution < -0.4 is 4.74 Å². The number of ether oxygens (including phenoxy) is 1. The summed E-state index contributed by atoms with van der Waals surface area (Å²) in [6.45, 7) is 3.41. The zero-order chi connectivity index (χ0) is 11.4. The third-order valence-corrected chi connectivity index (χ3v) is 2.10. The Morgan fingerprint density at radius 1 is 1.20 bits per heavy atom. The van der Waals surface area contributed by atoms with Crippen molar-refractivity contribution in [3.63, 3.8) is 0 Å². The van der Waals surface area contributed by atoms with E-state index in [9.17, 15) is 13.2 Å². The Kier molecular flexibility index (Phi) is 4.00. The number of unbranched alkanes of at least 4 members (excludes halogenated alkanes) is 1. The van der Waals surface area contributed by atoms with Gasteiger partial charge < -0.3 is 4.74 Å². The molecule has 0 aliphatic rings. The minimum Gasteiger partial charge on any atom is -0.488 e. The number of halogens is 3. The molecule has 0 amide bonds. The summed E-state index contributed by atoms with van der Waals surface area (Å²) in [5.41, 5.74) is -0.220. The molecule has 84 valence electrons.